The molecule has 1 atom stereocenters. The molecule has 0 N–H and O–H groups in total. The van der Waals surface area contributed by atoms with Gasteiger partial charge in [0.25, 0.3) is 0 Å². The van der Waals surface area contributed by atoms with E-state index in [4.69, 9.17) is 0 Å². The van der Waals surface area contributed by atoms with Crippen molar-refractivity contribution in [1.29, 1.82) is 0 Å². The number of alkyl halides is 3. The maximum absolute atomic E-state index is 12.6. The van der Waals surface area contributed by atoms with E-state index in [2.05, 4.69) is 10.2 Å². The molecule has 1 aliphatic rings. The predicted octanol–water partition coefficient (Wildman–Crippen LogP) is 0.572. The summed E-state index contributed by atoms with van der Waals surface area (Å²) >= 11 is 0.828. The maximum Gasteiger partial charge on any atom is 0.451 e. The summed E-state index contributed by atoms with van der Waals surface area (Å²) in [5.74, 6) is -1.68. The first-order valence-electron chi connectivity index (χ1n) is 6.57. The molecular formula is C11H15F3N4O3S2. The van der Waals surface area contributed by atoms with Crippen molar-refractivity contribution in [3.05, 3.63) is 5.82 Å². The molecule has 1 aromatic rings. The van der Waals surface area contributed by atoms with Gasteiger partial charge in [0, 0.05) is 20.1 Å². The number of thioether (sulfide) groups is 1. The minimum Gasteiger partial charge on any atom is -0.341 e. The van der Waals surface area contributed by atoms with Gasteiger partial charge < -0.3 is 9.47 Å². The summed E-state index contributed by atoms with van der Waals surface area (Å²) < 4.78 is 61.4. The fraction of sp³-hybridized carbons (Fsp3) is 0.727. The Balaban J connectivity index is 1.96. The van der Waals surface area contributed by atoms with E-state index in [9.17, 15) is 26.4 Å². The first-order chi connectivity index (χ1) is 10.5. The zero-order valence-electron chi connectivity index (χ0n) is 12.4. The van der Waals surface area contributed by atoms with E-state index in [0.717, 1.165) is 16.3 Å². The first-order valence-corrected chi connectivity index (χ1v) is 9.37. The largest absolute Gasteiger partial charge is 0.451 e. The highest BCUT2D eigenvalue weighted by atomic mass is 32.2. The summed E-state index contributed by atoms with van der Waals surface area (Å²) in [4.78, 5) is 13.4. The van der Waals surface area contributed by atoms with E-state index >= 15 is 0 Å². The van der Waals surface area contributed by atoms with Crippen LogP contribution in [-0.4, -0.2) is 64.3 Å². The van der Waals surface area contributed by atoms with Crippen molar-refractivity contribution >= 4 is 27.5 Å². The number of rotatable bonds is 4. The normalized spacial score (nSPS) is 20.7. The molecule has 1 amide bonds. The molecule has 0 aromatic carbocycles. The molecular weight excluding hydrogens is 357 g/mol. The van der Waals surface area contributed by atoms with Crippen LogP contribution in [0, 0.1) is 0 Å². The molecule has 0 radical (unpaired) electrons. The third kappa shape index (κ3) is 4.16. The van der Waals surface area contributed by atoms with Crippen LogP contribution in [-0.2, 0) is 27.9 Å². The summed E-state index contributed by atoms with van der Waals surface area (Å²) in [6.45, 7) is 0. The molecule has 0 bridgehead atoms. The zero-order valence-corrected chi connectivity index (χ0v) is 14.0. The van der Waals surface area contributed by atoms with Crippen LogP contribution in [0.1, 0.15) is 12.2 Å². The van der Waals surface area contributed by atoms with Crippen molar-refractivity contribution < 1.29 is 26.4 Å². The van der Waals surface area contributed by atoms with E-state index in [1.807, 2.05) is 0 Å². The van der Waals surface area contributed by atoms with E-state index in [-0.39, 0.29) is 28.3 Å². The highest BCUT2D eigenvalue weighted by Gasteiger charge is 2.38. The average molecular weight is 372 g/mol. The molecule has 0 saturated carbocycles. The van der Waals surface area contributed by atoms with Gasteiger partial charge in [-0.2, -0.15) is 13.2 Å². The lowest BCUT2D eigenvalue weighted by atomic mass is 10.2. The lowest BCUT2D eigenvalue weighted by Gasteiger charge is -2.23. The monoisotopic (exact) mass is 372 g/mol. The van der Waals surface area contributed by atoms with Crippen LogP contribution in [0.4, 0.5) is 13.2 Å². The van der Waals surface area contributed by atoms with Crippen LogP contribution in [0.25, 0.3) is 0 Å². The molecule has 1 saturated heterocycles. The van der Waals surface area contributed by atoms with E-state index in [1.54, 1.807) is 0 Å². The van der Waals surface area contributed by atoms with Crippen LogP contribution in [0.15, 0.2) is 5.16 Å². The molecule has 12 heteroatoms. The molecule has 23 heavy (non-hydrogen) atoms. The Bertz CT molecular complexity index is 702. The predicted molar refractivity (Wildman–Crippen MR) is 76.6 cm³/mol. The summed E-state index contributed by atoms with van der Waals surface area (Å²) in [5.41, 5.74) is 0. The number of hydrogen-bond donors (Lipinski definition) is 0. The lowest BCUT2D eigenvalue weighted by Crippen LogP contribution is -2.38. The molecule has 2 rings (SSSR count). The third-order valence-corrected chi connectivity index (χ3v) is 6.32. The number of hydrogen-bond acceptors (Lipinski definition) is 6. The second kappa shape index (κ2) is 6.30. The molecule has 2 heterocycles. The van der Waals surface area contributed by atoms with Crippen LogP contribution < -0.4 is 0 Å². The van der Waals surface area contributed by atoms with Crippen molar-refractivity contribution in [3.8, 4) is 0 Å². The van der Waals surface area contributed by atoms with E-state index in [0.29, 0.717) is 6.42 Å². The van der Waals surface area contributed by atoms with Crippen LogP contribution >= 0.6 is 11.8 Å². The Kier molecular flexibility index (Phi) is 4.95. The number of halogens is 3. The van der Waals surface area contributed by atoms with Gasteiger partial charge >= 0.3 is 6.18 Å². The average Bonchev–Trinajstić information content (AvgIpc) is 2.97. The van der Waals surface area contributed by atoms with Gasteiger partial charge in [0.05, 0.1) is 17.3 Å². The van der Waals surface area contributed by atoms with Crippen molar-refractivity contribution in [3.63, 3.8) is 0 Å². The van der Waals surface area contributed by atoms with E-state index in [1.165, 1.54) is 19.0 Å². The van der Waals surface area contributed by atoms with Crippen molar-refractivity contribution in [2.45, 2.75) is 23.8 Å². The van der Waals surface area contributed by atoms with Gasteiger partial charge in [0.2, 0.25) is 11.7 Å². The molecule has 0 aliphatic carbocycles. The van der Waals surface area contributed by atoms with Crippen molar-refractivity contribution in [2.75, 3.05) is 24.3 Å². The van der Waals surface area contributed by atoms with Gasteiger partial charge in [-0.05, 0) is 6.42 Å². The molecule has 0 spiro atoms. The number of amides is 1. The SMILES string of the molecule is CN(C(=O)CSc1nnc(C(F)(F)F)n1C)[C@@H]1CCS(=O)(=O)C1. The summed E-state index contributed by atoms with van der Waals surface area (Å²) in [6.07, 6.45) is -4.24. The van der Waals surface area contributed by atoms with E-state index < -0.39 is 27.9 Å². The number of aromatic nitrogens is 3. The Labute approximate surface area is 135 Å². The van der Waals surface area contributed by atoms with Crippen LogP contribution in [0.5, 0.6) is 0 Å². The molecule has 130 valence electrons. The smallest absolute Gasteiger partial charge is 0.341 e. The Morgan fingerprint density at radius 1 is 1.43 bits per heavy atom. The molecule has 1 aromatic heterocycles. The van der Waals surface area contributed by atoms with Gasteiger partial charge in [0.1, 0.15) is 0 Å². The van der Waals surface area contributed by atoms with Crippen LogP contribution in [0.3, 0.4) is 0 Å². The minimum absolute atomic E-state index is 0.0295. The summed E-state index contributed by atoms with van der Waals surface area (Å²) in [7, 11) is -0.451. The number of nitrogens with zero attached hydrogens (tertiary/aromatic N) is 4. The van der Waals surface area contributed by atoms with Crippen molar-refractivity contribution in [1.82, 2.24) is 19.7 Å². The summed E-state index contributed by atoms with van der Waals surface area (Å²) in [5, 5.41) is 6.46. The lowest BCUT2D eigenvalue weighted by molar-refractivity contribution is -0.147. The Hall–Kier alpha value is -1.30. The highest BCUT2D eigenvalue weighted by molar-refractivity contribution is 7.99. The highest BCUT2D eigenvalue weighted by Crippen LogP contribution is 2.29. The number of carbonyl (C=O) groups is 1. The van der Waals surface area contributed by atoms with Gasteiger partial charge in [-0.25, -0.2) is 8.42 Å². The Morgan fingerprint density at radius 2 is 2.09 bits per heavy atom. The standard InChI is InChI=1S/C11H15F3N4O3S2/c1-17(7-3-4-23(20,21)6-7)8(19)5-22-10-16-15-9(18(10)2)11(12,13)14/h7H,3-6H2,1-2H3/t7-/m1/s1. The minimum atomic E-state index is -4.61. The van der Waals surface area contributed by atoms with Gasteiger partial charge in [0.15, 0.2) is 15.0 Å². The van der Waals surface area contributed by atoms with Crippen molar-refractivity contribution in [2.24, 2.45) is 7.05 Å². The first kappa shape index (κ1) is 18.0. The van der Waals surface area contributed by atoms with Gasteiger partial charge in [-0.1, -0.05) is 11.8 Å². The topological polar surface area (TPSA) is 85.2 Å². The molecule has 7 nitrogen and oxygen atoms in total. The van der Waals surface area contributed by atoms with Gasteiger partial charge in [-0.15, -0.1) is 10.2 Å². The molecule has 0 unspecified atom stereocenters. The number of carbonyl (C=O) groups excluding carboxylic acids is 1. The zero-order chi connectivity index (χ0) is 17.4. The fourth-order valence-electron chi connectivity index (χ4n) is 2.20. The molecule has 1 aliphatic heterocycles. The van der Waals surface area contributed by atoms with Crippen LogP contribution in [0.2, 0.25) is 0 Å². The summed E-state index contributed by atoms with van der Waals surface area (Å²) in [6, 6.07) is -0.390. The Morgan fingerprint density at radius 3 is 2.57 bits per heavy atom. The second-order valence-corrected chi connectivity index (χ2v) is 8.38. The quantitative estimate of drug-likeness (QED) is 0.719. The number of sulfone groups is 1. The second-order valence-electron chi connectivity index (χ2n) is 5.21. The maximum atomic E-state index is 12.6. The fourth-order valence-corrected chi connectivity index (χ4v) is 4.81. The molecule has 1 fully saturated rings. The third-order valence-electron chi connectivity index (χ3n) is 3.56. The van der Waals surface area contributed by atoms with Gasteiger partial charge in [-0.3, -0.25) is 4.79 Å².